The minimum atomic E-state index is 0.143. The summed E-state index contributed by atoms with van der Waals surface area (Å²) < 4.78 is 5.16. The number of aromatic nitrogens is 2. The standard InChI is InChI=1S/C20H24N4O2/c1-26-17-4-2-14(3-5-17)10-19(25)24-9-7-18-16(13-24)12-22-20(23-18)15-6-8-21-11-15/h2-5,12,15,21H,6-11,13H2,1H3. The lowest BCUT2D eigenvalue weighted by molar-refractivity contribution is -0.131. The summed E-state index contributed by atoms with van der Waals surface area (Å²) in [5, 5.41) is 3.36. The summed E-state index contributed by atoms with van der Waals surface area (Å²) in [5.41, 5.74) is 3.19. The fourth-order valence-corrected chi connectivity index (χ4v) is 3.65. The minimum absolute atomic E-state index is 0.143. The zero-order chi connectivity index (χ0) is 17.9. The first-order valence-electron chi connectivity index (χ1n) is 9.19. The summed E-state index contributed by atoms with van der Waals surface area (Å²) in [5.74, 6) is 2.32. The Kier molecular flexibility index (Phi) is 4.84. The van der Waals surface area contributed by atoms with Crippen molar-refractivity contribution in [1.29, 1.82) is 0 Å². The predicted molar refractivity (Wildman–Crippen MR) is 98.1 cm³/mol. The van der Waals surface area contributed by atoms with Crippen LogP contribution in [0.1, 0.15) is 35.0 Å². The van der Waals surface area contributed by atoms with Crippen molar-refractivity contribution in [3.63, 3.8) is 0 Å². The Labute approximate surface area is 153 Å². The van der Waals surface area contributed by atoms with Crippen LogP contribution in [0.25, 0.3) is 0 Å². The zero-order valence-electron chi connectivity index (χ0n) is 15.1. The number of hydrogen-bond donors (Lipinski definition) is 1. The number of methoxy groups -OCH3 is 1. The summed E-state index contributed by atoms with van der Waals surface area (Å²) in [6.45, 7) is 3.33. The lowest BCUT2D eigenvalue weighted by Gasteiger charge is -2.28. The monoisotopic (exact) mass is 352 g/mol. The van der Waals surface area contributed by atoms with Crippen LogP contribution in [0, 0.1) is 0 Å². The van der Waals surface area contributed by atoms with E-state index in [-0.39, 0.29) is 5.91 Å². The molecule has 1 amide bonds. The van der Waals surface area contributed by atoms with Gasteiger partial charge < -0.3 is 15.0 Å². The van der Waals surface area contributed by atoms with Crippen LogP contribution in [-0.4, -0.2) is 47.5 Å². The molecule has 1 N–H and O–H groups in total. The van der Waals surface area contributed by atoms with E-state index in [2.05, 4.69) is 10.3 Å². The number of nitrogens with one attached hydrogen (secondary N) is 1. The molecular weight excluding hydrogens is 328 g/mol. The maximum Gasteiger partial charge on any atom is 0.227 e. The highest BCUT2D eigenvalue weighted by Crippen LogP contribution is 2.23. The van der Waals surface area contributed by atoms with Gasteiger partial charge in [-0.05, 0) is 30.7 Å². The lowest BCUT2D eigenvalue weighted by atomic mass is 10.0. The molecule has 6 heteroatoms. The van der Waals surface area contributed by atoms with Crippen LogP contribution in [0.5, 0.6) is 5.75 Å². The zero-order valence-corrected chi connectivity index (χ0v) is 15.1. The SMILES string of the molecule is COc1ccc(CC(=O)N2CCc3nc(C4CCNC4)ncc3C2)cc1. The highest BCUT2D eigenvalue weighted by atomic mass is 16.5. The van der Waals surface area contributed by atoms with Crippen molar-refractivity contribution in [2.45, 2.75) is 31.7 Å². The highest BCUT2D eigenvalue weighted by molar-refractivity contribution is 5.79. The Hall–Kier alpha value is -2.47. The van der Waals surface area contributed by atoms with Gasteiger partial charge in [-0.25, -0.2) is 9.97 Å². The molecule has 3 heterocycles. The summed E-state index contributed by atoms with van der Waals surface area (Å²) in [4.78, 5) is 23.9. The largest absolute Gasteiger partial charge is 0.497 e. The number of rotatable bonds is 4. The van der Waals surface area contributed by atoms with Crippen LogP contribution in [0.2, 0.25) is 0 Å². The third kappa shape index (κ3) is 3.55. The van der Waals surface area contributed by atoms with Crippen molar-refractivity contribution < 1.29 is 9.53 Å². The average Bonchev–Trinajstić information content (AvgIpc) is 3.22. The van der Waals surface area contributed by atoms with Crippen molar-refractivity contribution in [3.05, 3.63) is 53.1 Å². The molecule has 1 saturated heterocycles. The van der Waals surface area contributed by atoms with Gasteiger partial charge in [0.05, 0.1) is 19.2 Å². The fraction of sp³-hybridized carbons (Fsp3) is 0.450. The second kappa shape index (κ2) is 7.41. The van der Waals surface area contributed by atoms with Crippen molar-refractivity contribution >= 4 is 5.91 Å². The number of carbonyl (C=O) groups excluding carboxylic acids is 1. The Bertz CT molecular complexity index is 785. The summed E-state index contributed by atoms with van der Waals surface area (Å²) in [6.07, 6.45) is 4.24. The number of carbonyl (C=O) groups is 1. The van der Waals surface area contributed by atoms with E-state index in [0.29, 0.717) is 18.9 Å². The number of amides is 1. The number of nitrogens with zero attached hydrogens (tertiary/aromatic N) is 3. The molecule has 0 bridgehead atoms. The molecule has 1 aromatic carbocycles. The molecule has 6 nitrogen and oxygen atoms in total. The van der Waals surface area contributed by atoms with Crippen LogP contribution in [-0.2, 0) is 24.2 Å². The first kappa shape index (κ1) is 17.0. The average molecular weight is 352 g/mol. The molecule has 26 heavy (non-hydrogen) atoms. The van der Waals surface area contributed by atoms with Crippen molar-refractivity contribution in [2.24, 2.45) is 0 Å². The normalized spacial score (nSPS) is 19.3. The maximum absolute atomic E-state index is 12.7. The van der Waals surface area contributed by atoms with Crippen LogP contribution in [0.4, 0.5) is 0 Å². The third-order valence-corrected chi connectivity index (χ3v) is 5.25. The van der Waals surface area contributed by atoms with Gasteiger partial charge in [0, 0.05) is 43.7 Å². The first-order valence-corrected chi connectivity index (χ1v) is 9.19. The molecule has 1 aromatic heterocycles. The van der Waals surface area contributed by atoms with Gasteiger partial charge in [0.25, 0.3) is 0 Å². The van der Waals surface area contributed by atoms with Gasteiger partial charge >= 0.3 is 0 Å². The number of hydrogen-bond acceptors (Lipinski definition) is 5. The number of fused-ring (bicyclic) bond motifs is 1. The van der Waals surface area contributed by atoms with Gasteiger partial charge in [-0.1, -0.05) is 12.1 Å². The smallest absolute Gasteiger partial charge is 0.227 e. The first-order chi connectivity index (χ1) is 12.7. The fourth-order valence-electron chi connectivity index (χ4n) is 3.65. The van der Waals surface area contributed by atoms with Gasteiger partial charge in [-0.3, -0.25) is 4.79 Å². The van der Waals surface area contributed by atoms with E-state index in [4.69, 9.17) is 9.72 Å². The highest BCUT2D eigenvalue weighted by Gasteiger charge is 2.25. The van der Waals surface area contributed by atoms with E-state index >= 15 is 0 Å². The van der Waals surface area contributed by atoms with Crippen molar-refractivity contribution in [1.82, 2.24) is 20.2 Å². The molecule has 2 aliphatic heterocycles. The van der Waals surface area contributed by atoms with E-state index < -0.39 is 0 Å². The maximum atomic E-state index is 12.7. The number of benzene rings is 1. The number of ether oxygens (including phenoxy) is 1. The van der Waals surface area contributed by atoms with Gasteiger partial charge in [0.1, 0.15) is 11.6 Å². The molecule has 4 rings (SSSR count). The third-order valence-electron chi connectivity index (χ3n) is 5.25. The van der Waals surface area contributed by atoms with Gasteiger partial charge in [-0.15, -0.1) is 0 Å². The van der Waals surface area contributed by atoms with Crippen LogP contribution in [0.15, 0.2) is 30.5 Å². The van der Waals surface area contributed by atoms with E-state index in [1.165, 1.54) is 0 Å². The Morgan fingerprint density at radius 3 is 2.92 bits per heavy atom. The molecule has 2 aliphatic rings. The van der Waals surface area contributed by atoms with Gasteiger partial charge in [0.15, 0.2) is 0 Å². The van der Waals surface area contributed by atoms with Crippen molar-refractivity contribution in [3.8, 4) is 5.75 Å². The van der Waals surface area contributed by atoms with Crippen LogP contribution < -0.4 is 10.1 Å². The Morgan fingerprint density at radius 1 is 1.35 bits per heavy atom. The van der Waals surface area contributed by atoms with Gasteiger partial charge in [0.2, 0.25) is 5.91 Å². The molecular formula is C20H24N4O2. The molecule has 136 valence electrons. The molecule has 2 aromatic rings. The quantitative estimate of drug-likeness (QED) is 0.907. The summed E-state index contributed by atoms with van der Waals surface area (Å²) in [7, 11) is 1.64. The second-order valence-electron chi connectivity index (χ2n) is 6.98. The molecule has 0 saturated carbocycles. The molecule has 0 aliphatic carbocycles. The van der Waals surface area contributed by atoms with Crippen LogP contribution >= 0.6 is 0 Å². The Balaban J connectivity index is 1.41. The molecule has 0 spiro atoms. The molecule has 1 atom stereocenters. The summed E-state index contributed by atoms with van der Waals surface area (Å²) in [6, 6.07) is 7.67. The lowest BCUT2D eigenvalue weighted by Crippen LogP contribution is -2.37. The topological polar surface area (TPSA) is 67.3 Å². The predicted octanol–water partition coefficient (Wildman–Crippen LogP) is 1.69. The molecule has 1 unspecified atom stereocenters. The van der Waals surface area contributed by atoms with Crippen molar-refractivity contribution in [2.75, 3.05) is 26.7 Å². The molecule has 1 fully saturated rings. The Morgan fingerprint density at radius 2 is 2.19 bits per heavy atom. The second-order valence-corrected chi connectivity index (χ2v) is 6.98. The van der Waals surface area contributed by atoms with Gasteiger partial charge in [-0.2, -0.15) is 0 Å². The molecule has 0 radical (unpaired) electrons. The van der Waals surface area contributed by atoms with E-state index in [9.17, 15) is 4.79 Å². The van der Waals surface area contributed by atoms with E-state index in [1.807, 2.05) is 35.4 Å². The van der Waals surface area contributed by atoms with Crippen LogP contribution in [0.3, 0.4) is 0 Å². The van der Waals surface area contributed by atoms with E-state index in [1.54, 1.807) is 7.11 Å². The minimum Gasteiger partial charge on any atom is -0.497 e. The summed E-state index contributed by atoms with van der Waals surface area (Å²) >= 11 is 0. The van der Waals surface area contributed by atoms with E-state index in [0.717, 1.165) is 60.9 Å².